The largest absolute Gasteiger partial charge is 0.401 e. The Morgan fingerprint density at radius 2 is 1.02 bits per heavy atom. The van der Waals surface area contributed by atoms with Gasteiger partial charge in [0.2, 0.25) is 11.8 Å². The highest BCUT2D eigenvalue weighted by Crippen LogP contribution is 2.22. The van der Waals surface area contributed by atoms with E-state index in [1.807, 2.05) is 42.5 Å². The molecule has 7 rings (SSSR count). The number of benzene rings is 3. The van der Waals surface area contributed by atoms with Crippen LogP contribution >= 0.6 is 0 Å². The number of H-pyrrole nitrogens is 2. The molecule has 194 valence electrons. The number of nitrogens with zero attached hydrogens (tertiary/aromatic N) is 2. The summed E-state index contributed by atoms with van der Waals surface area (Å²) in [4.78, 5) is 40.4. The molecule has 0 saturated heterocycles. The smallest absolute Gasteiger partial charge is 0.347 e. The maximum absolute atomic E-state index is 12.4. The van der Waals surface area contributed by atoms with Crippen LogP contribution < -0.4 is 11.3 Å². The molecule has 0 atom stereocenters. The van der Waals surface area contributed by atoms with Crippen LogP contribution in [0, 0.1) is 0 Å². The van der Waals surface area contributed by atoms with E-state index in [9.17, 15) is 9.59 Å². The molecule has 2 N–H and O–H groups in total. The average molecular weight is 527 g/mol. The summed E-state index contributed by atoms with van der Waals surface area (Å²) < 4.78 is 10.9. The highest BCUT2D eigenvalue weighted by Gasteiger charge is 2.12. The number of hydrogen-bond acceptors (Lipinski definition) is 6. The Labute approximate surface area is 227 Å². The first-order valence-corrected chi connectivity index (χ1v) is 12.8. The minimum absolute atomic E-state index is 0.267. The highest BCUT2D eigenvalue weighted by atomic mass is 16.4. The Bertz CT molecular complexity index is 1980. The third-order valence-electron chi connectivity index (χ3n) is 6.80. The van der Waals surface area contributed by atoms with E-state index in [1.165, 1.54) is 0 Å². The second kappa shape index (κ2) is 9.67. The molecule has 0 amide bonds. The Morgan fingerprint density at radius 3 is 1.52 bits per heavy atom. The predicted molar refractivity (Wildman–Crippen MR) is 152 cm³/mol. The molecule has 8 nitrogen and oxygen atoms in total. The number of para-hydroxylation sites is 2. The van der Waals surface area contributed by atoms with Gasteiger partial charge in [-0.05, 0) is 59.7 Å². The standard InChI is InChI=1S/C32H22N4O4/c37-31-23-8-1-3-10-25(23)35-29(39-31)27-14-12-21(33-27)17-19-6-5-7-20(16-19)18-22-13-15-28(34-22)30-36-26-11-4-2-9-24(26)32(38)40-30/h1-16,33-34H,17-18H2. The van der Waals surface area contributed by atoms with Crippen molar-refractivity contribution >= 4 is 21.8 Å². The normalized spacial score (nSPS) is 11.4. The van der Waals surface area contributed by atoms with Gasteiger partial charge in [0.15, 0.2) is 0 Å². The SMILES string of the molecule is O=c1oc(-c2ccc(Cc3cccc(Cc4ccc(-c5nc6ccccc6c(=O)o5)[nH]4)c3)[nH]2)nc2ccccc12. The second-order valence-corrected chi connectivity index (χ2v) is 9.62. The summed E-state index contributed by atoms with van der Waals surface area (Å²) >= 11 is 0. The zero-order valence-electron chi connectivity index (χ0n) is 21.2. The van der Waals surface area contributed by atoms with Gasteiger partial charge in [0.1, 0.15) is 11.4 Å². The summed E-state index contributed by atoms with van der Waals surface area (Å²) in [5.41, 5.74) is 5.91. The summed E-state index contributed by atoms with van der Waals surface area (Å²) in [6.07, 6.45) is 1.35. The molecule has 0 saturated carbocycles. The van der Waals surface area contributed by atoms with E-state index in [-0.39, 0.29) is 11.8 Å². The lowest BCUT2D eigenvalue weighted by molar-refractivity contribution is 0.516. The Kier molecular flexibility index (Phi) is 5.70. The molecule has 4 heterocycles. The Balaban J connectivity index is 1.09. The van der Waals surface area contributed by atoms with Gasteiger partial charge in [-0.1, -0.05) is 48.5 Å². The lowest BCUT2D eigenvalue weighted by Gasteiger charge is -2.05. The lowest BCUT2D eigenvalue weighted by Crippen LogP contribution is -2.02. The second-order valence-electron chi connectivity index (χ2n) is 9.62. The van der Waals surface area contributed by atoms with Crippen molar-refractivity contribution in [1.29, 1.82) is 0 Å². The lowest BCUT2D eigenvalue weighted by atomic mass is 10.0. The quantitative estimate of drug-likeness (QED) is 0.280. The van der Waals surface area contributed by atoms with Crippen LogP contribution in [-0.4, -0.2) is 19.9 Å². The number of aromatic nitrogens is 4. The predicted octanol–water partition coefficient (Wildman–Crippen LogP) is 5.86. The molecular weight excluding hydrogens is 504 g/mol. The number of nitrogens with one attached hydrogen (secondary N) is 2. The molecule has 40 heavy (non-hydrogen) atoms. The number of rotatable bonds is 6. The molecule has 0 aliphatic carbocycles. The first-order valence-electron chi connectivity index (χ1n) is 12.8. The van der Waals surface area contributed by atoms with Crippen LogP contribution in [0.5, 0.6) is 0 Å². The fourth-order valence-corrected chi connectivity index (χ4v) is 4.89. The van der Waals surface area contributed by atoms with Crippen molar-refractivity contribution in [2.75, 3.05) is 0 Å². The van der Waals surface area contributed by atoms with Crippen LogP contribution in [0.15, 0.2) is 115 Å². The van der Waals surface area contributed by atoms with E-state index in [4.69, 9.17) is 8.83 Å². The van der Waals surface area contributed by atoms with Crippen molar-refractivity contribution in [1.82, 2.24) is 19.9 Å². The monoisotopic (exact) mass is 526 g/mol. The van der Waals surface area contributed by atoms with Gasteiger partial charge in [-0.2, -0.15) is 0 Å². The van der Waals surface area contributed by atoms with Crippen LogP contribution in [0.3, 0.4) is 0 Å². The van der Waals surface area contributed by atoms with Gasteiger partial charge in [-0.3, -0.25) is 0 Å². The summed E-state index contributed by atoms with van der Waals surface area (Å²) in [6, 6.07) is 30.3. The Hall–Kier alpha value is -5.50. The molecule has 4 aromatic heterocycles. The first-order chi connectivity index (χ1) is 19.6. The van der Waals surface area contributed by atoms with Gasteiger partial charge >= 0.3 is 11.3 Å². The van der Waals surface area contributed by atoms with Gasteiger partial charge in [-0.25, -0.2) is 19.6 Å². The minimum atomic E-state index is -0.407. The topological polar surface area (TPSA) is 118 Å². The maximum Gasteiger partial charge on any atom is 0.347 e. The molecular formula is C32H22N4O4. The van der Waals surface area contributed by atoms with Gasteiger partial charge in [0.25, 0.3) is 0 Å². The van der Waals surface area contributed by atoms with Crippen molar-refractivity contribution < 1.29 is 8.83 Å². The van der Waals surface area contributed by atoms with Gasteiger partial charge in [0, 0.05) is 24.2 Å². The van der Waals surface area contributed by atoms with Crippen molar-refractivity contribution in [3.8, 4) is 23.2 Å². The molecule has 3 aromatic carbocycles. The molecule has 0 aliphatic rings. The summed E-state index contributed by atoms with van der Waals surface area (Å²) in [5, 5.41) is 0.921. The van der Waals surface area contributed by atoms with Crippen LogP contribution in [0.2, 0.25) is 0 Å². The van der Waals surface area contributed by atoms with E-state index in [1.54, 1.807) is 36.4 Å². The van der Waals surface area contributed by atoms with Crippen molar-refractivity contribution in [3.05, 3.63) is 140 Å². The third-order valence-corrected chi connectivity index (χ3v) is 6.80. The fraction of sp³-hybridized carbons (Fsp3) is 0.0625. The van der Waals surface area contributed by atoms with E-state index >= 15 is 0 Å². The molecule has 0 fully saturated rings. The van der Waals surface area contributed by atoms with Crippen molar-refractivity contribution in [2.45, 2.75) is 12.8 Å². The number of aromatic amines is 2. The molecule has 0 radical (unpaired) electrons. The van der Waals surface area contributed by atoms with E-state index in [0.717, 1.165) is 22.5 Å². The van der Waals surface area contributed by atoms with Crippen molar-refractivity contribution in [2.24, 2.45) is 0 Å². The summed E-state index contributed by atoms with van der Waals surface area (Å²) in [7, 11) is 0. The molecule has 0 bridgehead atoms. The van der Waals surface area contributed by atoms with E-state index < -0.39 is 11.3 Å². The van der Waals surface area contributed by atoms with Gasteiger partial charge < -0.3 is 18.8 Å². The molecule has 0 unspecified atom stereocenters. The minimum Gasteiger partial charge on any atom is -0.401 e. The van der Waals surface area contributed by atoms with Gasteiger partial charge in [-0.15, -0.1) is 0 Å². The number of fused-ring (bicyclic) bond motifs is 2. The van der Waals surface area contributed by atoms with Crippen LogP contribution in [0.4, 0.5) is 0 Å². The number of hydrogen-bond donors (Lipinski definition) is 2. The summed E-state index contributed by atoms with van der Waals surface area (Å²) in [5.74, 6) is 0.533. The zero-order valence-corrected chi connectivity index (χ0v) is 21.2. The highest BCUT2D eigenvalue weighted by molar-refractivity contribution is 5.79. The Morgan fingerprint density at radius 1 is 0.550 bits per heavy atom. The maximum atomic E-state index is 12.4. The van der Waals surface area contributed by atoms with E-state index in [2.05, 4.69) is 38.1 Å². The van der Waals surface area contributed by atoms with Gasteiger partial charge in [0.05, 0.1) is 21.8 Å². The molecule has 8 heteroatoms. The molecule has 7 aromatic rings. The first kappa shape index (κ1) is 23.6. The van der Waals surface area contributed by atoms with Crippen LogP contribution in [0.1, 0.15) is 22.5 Å². The van der Waals surface area contributed by atoms with Crippen molar-refractivity contribution in [3.63, 3.8) is 0 Å². The van der Waals surface area contributed by atoms with Crippen LogP contribution in [-0.2, 0) is 12.8 Å². The van der Waals surface area contributed by atoms with Crippen LogP contribution in [0.25, 0.3) is 45.0 Å². The molecule has 0 aliphatic heterocycles. The van der Waals surface area contributed by atoms with E-state index in [0.29, 0.717) is 46.0 Å². The zero-order chi connectivity index (χ0) is 27.1. The summed E-state index contributed by atoms with van der Waals surface area (Å²) in [6.45, 7) is 0. The third kappa shape index (κ3) is 4.52. The molecule has 0 spiro atoms. The fourth-order valence-electron chi connectivity index (χ4n) is 4.89. The average Bonchev–Trinajstić information content (AvgIpc) is 3.63.